The number of aromatic nitrogens is 2. The van der Waals surface area contributed by atoms with Gasteiger partial charge in [0.25, 0.3) is 0 Å². The van der Waals surface area contributed by atoms with Crippen molar-refractivity contribution in [3.63, 3.8) is 0 Å². The molecule has 1 amide bonds. The van der Waals surface area contributed by atoms with Crippen molar-refractivity contribution in [3.05, 3.63) is 12.4 Å². The van der Waals surface area contributed by atoms with Gasteiger partial charge in [-0.05, 0) is 6.42 Å². The van der Waals surface area contributed by atoms with E-state index in [-0.39, 0.29) is 0 Å². The number of carboxylic acid groups (broad SMARTS) is 1. The zero-order valence-corrected chi connectivity index (χ0v) is 6.82. The Kier molecular flexibility index (Phi) is 2.68. The lowest BCUT2D eigenvalue weighted by Crippen LogP contribution is -2.12. The highest BCUT2D eigenvalue weighted by molar-refractivity contribution is 5.80. The number of aryl methyl sites for hydroxylation is 1. The number of carbonyl (C=O) groups is 1. The monoisotopic (exact) mass is 169 g/mol. The average Bonchev–Trinajstić information content (AvgIpc) is 2.37. The number of amides is 1. The Bertz CT molecular complexity index is 269. The molecular formula is C7H11N3O2. The molecule has 0 atom stereocenters. The third-order valence-electron chi connectivity index (χ3n) is 1.40. The van der Waals surface area contributed by atoms with E-state index >= 15 is 0 Å². The van der Waals surface area contributed by atoms with Gasteiger partial charge >= 0.3 is 6.09 Å². The lowest BCUT2D eigenvalue weighted by molar-refractivity contribution is 0.209. The van der Waals surface area contributed by atoms with E-state index in [2.05, 4.69) is 10.3 Å². The van der Waals surface area contributed by atoms with Gasteiger partial charge in [0.2, 0.25) is 5.95 Å². The molecule has 0 unspecified atom stereocenters. The summed E-state index contributed by atoms with van der Waals surface area (Å²) < 4.78 is 1.76. The first kappa shape index (κ1) is 8.58. The van der Waals surface area contributed by atoms with Gasteiger partial charge in [-0.2, -0.15) is 0 Å². The quantitative estimate of drug-likeness (QED) is 0.718. The van der Waals surface area contributed by atoms with Crippen LogP contribution < -0.4 is 5.32 Å². The first-order valence-corrected chi connectivity index (χ1v) is 3.75. The molecule has 0 fully saturated rings. The minimum atomic E-state index is -1.08. The molecule has 0 spiro atoms. The fourth-order valence-corrected chi connectivity index (χ4v) is 0.950. The maximum absolute atomic E-state index is 10.3. The fourth-order valence-electron chi connectivity index (χ4n) is 0.950. The SMILES string of the molecule is CCCn1ccnc1NC(=O)O. The summed E-state index contributed by atoms with van der Waals surface area (Å²) in [4.78, 5) is 14.1. The molecule has 0 saturated carbocycles. The first-order chi connectivity index (χ1) is 5.74. The van der Waals surface area contributed by atoms with E-state index in [9.17, 15) is 4.79 Å². The molecule has 0 aromatic carbocycles. The van der Waals surface area contributed by atoms with Crippen molar-refractivity contribution in [2.75, 3.05) is 5.32 Å². The van der Waals surface area contributed by atoms with Crippen LogP contribution in [0.25, 0.3) is 0 Å². The molecule has 0 aliphatic carbocycles. The van der Waals surface area contributed by atoms with Crippen LogP contribution in [0.2, 0.25) is 0 Å². The summed E-state index contributed by atoms with van der Waals surface area (Å²) >= 11 is 0. The highest BCUT2D eigenvalue weighted by Gasteiger charge is 2.03. The Balaban J connectivity index is 2.69. The van der Waals surface area contributed by atoms with Crippen LogP contribution in [0.4, 0.5) is 10.7 Å². The summed E-state index contributed by atoms with van der Waals surface area (Å²) in [5.41, 5.74) is 0. The van der Waals surface area contributed by atoms with Gasteiger partial charge in [-0.25, -0.2) is 9.78 Å². The van der Waals surface area contributed by atoms with E-state index in [0.717, 1.165) is 13.0 Å². The van der Waals surface area contributed by atoms with E-state index in [1.54, 1.807) is 17.0 Å². The van der Waals surface area contributed by atoms with Crippen LogP contribution in [-0.2, 0) is 6.54 Å². The maximum atomic E-state index is 10.3. The van der Waals surface area contributed by atoms with Crippen LogP contribution in [0.3, 0.4) is 0 Å². The number of hydrogen-bond donors (Lipinski definition) is 2. The van der Waals surface area contributed by atoms with Gasteiger partial charge in [-0.3, -0.25) is 5.32 Å². The Morgan fingerprint density at radius 2 is 2.58 bits per heavy atom. The average molecular weight is 169 g/mol. The highest BCUT2D eigenvalue weighted by Crippen LogP contribution is 2.04. The number of anilines is 1. The molecule has 12 heavy (non-hydrogen) atoms. The van der Waals surface area contributed by atoms with Gasteiger partial charge in [0.05, 0.1) is 0 Å². The normalized spacial score (nSPS) is 9.75. The van der Waals surface area contributed by atoms with Crippen molar-refractivity contribution < 1.29 is 9.90 Å². The van der Waals surface area contributed by atoms with Crippen molar-refractivity contribution in [3.8, 4) is 0 Å². The van der Waals surface area contributed by atoms with E-state index < -0.39 is 6.09 Å². The molecule has 0 bridgehead atoms. The third kappa shape index (κ3) is 1.98. The maximum Gasteiger partial charge on any atom is 0.411 e. The molecule has 5 nitrogen and oxygen atoms in total. The van der Waals surface area contributed by atoms with Gasteiger partial charge in [0, 0.05) is 18.9 Å². The number of nitrogens with one attached hydrogen (secondary N) is 1. The minimum Gasteiger partial charge on any atom is -0.465 e. The highest BCUT2D eigenvalue weighted by atomic mass is 16.4. The molecule has 1 rings (SSSR count). The number of imidazole rings is 1. The van der Waals surface area contributed by atoms with E-state index in [0.29, 0.717) is 5.95 Å². The molecule has 1 aromatic heterocycles. The standard InChI is InChI=1S/C7H11N3O2/c1-2-4-10-5-3-8-6(10)9-7(11)12/h3,5H,2,4H2,1H3,(H,8,9)(H,11,12). The van der Waals surface area contributed by atoms with Crippen LogP contribution >= 0.6 is 0 Å². The van der Waals surface area contributed by atoms with Crippen LogP contribution in [-0.4, -0.2) is 20.8 Å². The Hall–Kier alpha value is -1.52. The fraction of sp³-hybridized carbons (Fsp3) is 0.429. The number of hydrogen-bond acceptors (Lipinski definition) is 2. The lowest BCUT2D eigenvalue weighted by atomic mass is 10.5. The van der Waals surface area contributed by atoms with Crippen LogP contribution in [0, 0.1) is 0 Å². The van der Waals surface area contributed by atoms with Crippen molar-refractivity contribution in [2.24, 2.45) is 0 Å². The first-order valence-electron chi connectivity index (χ1n) is 3.75. The molecule has 0 saturated heterocycles. The molecule has 2 N–H and O–H groups in total. The second-order valence-electron chi connectivity index (χ2n) is 2.37. The summed E-state index contributed by atoms with van der Waals surface area (Å²) in [5.74, 6) is 0.379. The van der Waals surface area contributed by atoms with Crippen LogP contribution in [0.5, 0.6) is 0 Å². The van der Waals surface area contributed by atoms with Gasteiger partial charge in [-0.1, -0.05) is 6.92 Å². The second kappa shape index (κ2) is 3.75. The summed E-state index contributed by atoms with van der Waals surface area (Å²) in [7, 11) is 0. The van der Waals surface area contributed by atoms with Gasteiger partial charge in [0.1, 0.15) is 0 Å². The van der Waals surface area contributed by atoms with E-state index in [1.165, 1.54) is 0 Å². The largest absolute Gasteiger partial charge is 0.465 e. The molecule has 1 heterocycles. The van der Waals surface area contributed by atoms with E-state index in [1.807, 2.05) is 6.92 Å². The Labute approximate surface area is 70.0 Å². The lowest BCUT2D eigenvalue weighted by Gasteiger charge is -2.03. The van der Waals surface area contributed by atoms with Crippen molar-refractivity contribution in [1.29, 1.82) is 0 Å². The summed E-state index contributed by atoms with van der Waals surface area (Å²) in [6.45, 7) is 2.79. The van der Waals surface area contributed by atoms with Crippen LogP contribution in [0.15, 0.2) is 12.4 Å². The number of rotatable bonds is 3. The molecular weight excluding hydrogens is 158 g/mol. The molecule has 66 valence electrons. The molecule has 0 radical (unpaired) electrons. The summed E-state index contributed by atoms with van der Waals surface area (Å²) in [6.07, 6.45) is 3.18. The molecule has 0 aliphatic heterocycles. The Morgan fingerprint density at radius 3 is 3.17 bits per heavy atom. The third-order valence-corrected chi connectivity index (χ3v) is 1.40. The van der Waals surface area contributed by atoms with Crippen molar-refractivity contribution >= 4 is 12.0 Å². The van der Waals surface area contributed by atoms with E-state index in [4.69, 9.17) is 5.11 Å². The molecule has 5 heteroatoms. The van der Waals surface area contributed by atoms with Crippen molar-refractivity contribution in [1.82, 2.24) is 9.55 Å². The van der Waals surface area contributed by atoms with Gasteiger partial charge < -0.3 is 9.67 Å². The summed E-state index contributed by atoms with van der Waals surface area (Å²) in [6, 6.07) is 0. The minimum absolute atomic E-state index is 0.379. The topological polar surface area (TPSA) is 67.2 Å². The zero-order chi connectivity index (χ0) is 8.97. The predicted molar refractivity (Wildman–Crippen MR) is 44.2 cm³/mol. The van der Waals surface area contributed by atoms with Gasteiger partial charge in [0.15, 0.2) is 0 Å². The molecule has 0 aliphatic rings. The predicted octanol–water partition coefficient (Wildman–Crippen LogP) is 1.38. The number of nitrogens with zero attached hydrogens (tertiary/aromatic N) is 2. The smallest absolute Gasteiger partial charge is 0.411 e. The molecule has 1 aromatic rings. The van der Waals surface area contributed by atoms with Crippen LogP contribution in [0.1, 0.15) is 13.3 Å². The van der Waals surface area contributed by atoms with Gasteiger partial charge in [-0.15, -0.1) is 0 Å². The summed E-state index contributed by atoms with van der Waals surface area (Å²) in [5, 5.41) is 10.6. The Morgan fingerprint density at radius 1 is 1.83 bits per heavy atom. The van der Waals surface area contributed by atoms with Crippen molar-refractivity contribution in [2.45, 2.75) is 19.9 Å². The second-order valence-corrected chi connectivity index (χ2v) is 2.37. The zero-order valence-electron chi connectivity index (χ0n) is 6.82.